The average molecular weight is 240 g/mol. The van der Waals surface area contributed by atoms with Gasteiger partial charge in [-0.15, -0.1) is 0 Å². The van der Waals surface area contributed by atoms with Crippen molar-refractivity contribution in [1.82, 2.24) is 0 Å². The lowest BCUT2D eigenvalue weighted by Gasteiger charge is -2.05. The van der Waals surface area contributed by atoms with Crippen molar-refractivity contribution in [1.29, 1.82) is 0 Å². The van der Waals surface area contributed by atoms with Crippen LogP contribution in [0.5, 0.6) is 5.75 Å². The average Bonchev–Trinajstić information content (AvgIpc) is 2.34. The molecule has 0 saturated heterocycles. The maximum Gasteiger partial charge on any atom is 0.119 e. The molecule has 0 spiro atoms. The van der Waals surface area contributed by atoms with Crippen molar-refractivity contribution in [2.75, 3.05) is 19.5 Å². The summed E-state index contributed by atoms with van der Waals surface area (Å²) in [5.41, 5.74) is 1.16. The van der Waals surface area contributed by atoms with Gasteiger partial charge in [0.15, 0.2) is 0 Å². The van der Waals surface area contributed by atoms with Gasteiger partial charge in [0.25, 0.3) is 0 Å². The fraction of sp³-hybridized carbons (Fsp3) is 0.538. The Morgan fingerprint density at radius 1 is 1.19 bits per heavy atom. The maximum atomic E-state index is 5.59. The van der Waals surface area contributed by atoms with E-state index in [0.29, 0.717) is 6.61 Å². The van der Waals surface area contributed by atoms with Gasteiger partial charge in [0.05, 0.1) is 13.7 Å². The van der Waals surface area contributed by atoms with Gasteiger partial charge in [-0.05, 0) is 36.3 Å². The van der Waals surface area contributed by atoms with Crippen molar-refractivity contribution in [3.63, 3.8) is 0 Å². The molecule has 0 aliphatic rings. The molecule has 0 N–H and O–H groups in total. The summed E-state index contributed by atoms with van der Waals surface area (Å²) >= 11 is 4.17. The molecule has 0 aliphatic carbocycles. The first-order valence-electron chi connectivity index (χ1n) is 5.68. The van der Waals surface area contributed by atoms with Crippen LogP contribution in [0.25, 0.3) is 0 Å². The zero-order chi connectivity index (χ0) is 11.6. The quantitative estimate of drug-likeness (QED) is 0.555. The lowest BCUT2D eigenvalue weighted by molar-refractivity contribution is 0.117. The van der Waals surface area contributed by atoms with E-state index in [1.54, 1.807) is 7.11 Å². The fourth-order valence-electron chi connectivity index (χ4n) is 1.44. The molecule has 0 saturated carbocycles. The van der Waals surface area contributed by atoms with Gasteiger partial charge in [-0.2, -0.15) is 12.6 Å². The van der Waals surface area contributed by atoms with Crippen LogP contribution in [0.1, 0.15) is 24.8 Å². The van der Waals surface area contributed by atoms with Crippen molar-refractivity contribution in [2.45, 2.75) is 25.9 Å². The van der Waals surface area contributed by atoms with Crippen LogP contribution in [0.3, 0.4) is 0 Å². The second-order valence-electron chi connectivity index (χ2n) is 3.69. The second-order valence-corrected chi connectivity index (χ2v) is 4.14. The van der Waals surface area contributed by atoms with Crippen LogP contribution in [-0.4, -0.2) is 19.5 Å². The number of benzene rings is 1. The Kier molecular flexibility index (Phi) is 7.10. The molecule has 0 atom stereocenters. The molecule has 0 aromatic heterocycles. The smallest absolute Gasteiger partial charge is 0.119 e. The number of rotatable bonds is 8. The third kappa shape index (κ3) is 5.42. The van der Waals surface area contributed by atoms with E-state index in [-0.39, 0.29) is 0 Å². The van der Waals surface area contributed by atoms with Crippen LogP contribution in [0.15, 0.2) is 24.3 Å². The normalized spacial score (nSPS) is 10.4. The van der Waals surface area contributed by atoms with Crippen LogP contribution in [0, 0.1) is 0 Å². The van der Waals surface area contributed by atoms with Crippen molar-refractivity contribution in [3.05, 3.63) is 29.8 Å². The Balaban J connectivity index is 2.16. The Labute approximate surface area is 103 Å². The van der Waals surface area contributed by atoms with E-state index in [9.17, 15) is 0 Å². The lowest BCUT2D eigenvalue weighted by Crippen LogP contribution is -1.96. The highest BCUT2D eigenvalue weighted by molar-refractivity contribution is 7.80. The molecule has 0 heterocycles. The van der Waals surface area contributed by atoms with Crippen LogP contribution in [0.2, 0.25) is 0 Å². The predicted octanol–water partition coefficient (Wildman–Crippen LogP) is 3.31. The summed E-state index contributed by atoms with van der Waals surface area (Å²) in [6.07, 6.45) is 3.48. The standard InChI is InChI=1S/C13H20O2S/c1-14-13-7-5-6-12(10-13)11-15-8-3-2-4-9-16/h5-7,10,16H,2-4,8-9,11H2,1H3. The predicted molar refractivity (Wildman–Crippen MR) is 70.4 cm³/mol. The van der Waals surface area contributed by atoms with Gasteiger partial charge in [-0.25, -0.2) is 0 Å². The van der Waals surface area contributed by atoms with Gasteiger partial charge in [-0.3, -0.25) is 0 Å². The molecule has 3 heteroatoms. The molecule has 0 amide bonds. The number of ether oxygens (including phenoxy) is 2. The van der Waals surface area contributed by atoms with E-state index in [1.165, 1.54) is 12.8 Å². The molecular weight excluding hydrogens is 220 g/mol. The molecule has 1 rings (SSSR count). The van der Waals surface area contributed by atoms with Gasteiger partial charge in [0.1, 0.15) is 5.75 Å². The Bertz CT molecular complexity index is 289. The number of hydrogen-bond donors (Lipinski definition) is 1. The molecule has 0 bridgehead atoms. The molecular formula is C13H20O2S. The van der Waals surface area contributed by atoms with E-state index in [2.05, 4.69) is 18.7 Å². The minimum absolute atomic E-state index is 0.665. The van der Waals surface area contributed by atoms with Gasteiger partial charge < -0.3 is 9.47 Å². The SMILES string of the molecule is COc1cccc(COCCCCCS)c1. The molecule has 1 aromatic carbocycles. The first-order valence-corrected chi connectivity index (χ1v) is 6.31. The molecule has 2 nitrogen and oxygen atoms in total. The molecule has 0 unspecified atom stereocenters. The molecule has 0 radical (unpaired) electrons. The number of unbranched alkanes of at least 4 members (excludes halogenated alkanes) is 2. The van der Waals surface area contributed by atoms with Crippen LogP contribution < -0.4 is 4.74 Å². The van der Waals surface area contributed by atoms with Gasteiger partial charge in [0, 0.05) is 6.61 Å². The minimum atomic E-state index is 0.665. The van der Waals surface area contributed by atoms with Gasteiger partial charge >= 0.3 is 0 Å². The van der Waals surface area contributed by atoms with E-state index in [0.717, 1.165) is 30.1 Å². The Morgan fingerprint density at radius 3 is 2.81 bits per heavy atom. The largest absolute Gasteiger partial charge is 0.497 e. The minimum Gasteiger partial charge on any atom is -0.497 e. The zero-order valence-electron chi connectivity index (χ0n) is 9.82. The number of hydrogen-bond acceptors (Lipinski definition) is 3. The third-order valence-electron chi connectivity index (χ3n) is 2.35. The topological polar surface area (TPSA) is 18.5 Å². The van der Waals surface area contributed by atoms with Crippen LogP contribution in [-0.2, 0) is 11.3 Å². The summed E-state index contributed by atoms with van der Waals surface area (Å²) in [6, 6.07) is 7.98. The van der Waals surface area contributed by atoms with Crippen molar-refractivity contribution < 1.29 is 9.47 Å². The summed E-state index contributed by atoms with van der Waals surface area (Å²) < 4.78 is 10.7. The highest BCUT2D eigenvalue weighted by Crippen LogP contribution is 2.13. The molecule has 0 aliphatic heterocycles. The van der Waals surface area contributed by atoms with Gasteiger partial charge in [-0.1, -0.05) is 18.6 Å². The van der Waals surface area contributed by atoms with Crippen LogP contribution >= 0.6 is 12.6 Å². The van der Waals surface area contributed by atoms with E-state index in [1.807, 2.05) is 18.2 Å². The Hall–Kier alpha value is -0.670. The number of thiol groups is 1. The van der Waals surface area contributed by atoms with E-state index in [4.69, 9.17) is 9.47 Å². The Morgan fingerprint density at radius 2 is 2.06 bits per heavy atom. The molecule has 0 fully saturated rings. The fourth-order valence-corrected chi connectivity index (χ4v) is 1.67. The van der Waals surface area contributed by atoms with Crippen LogP contribution in [0.4, 0.5) is 0 Å². The summed E-state index contributed by atoms with van der Waals surface area (Å²) in [5, 5.41) is 0. The third-order valence-corrected chi connectivity index (χ3v) is 2.67. The summed E-state index contributed by atoms with van der Waals surface area (Å²) in [5.74, 6) is 1.85. The first kappa shape index (κ1) is 13.4. The van der Waals surface area contributed by atoms with Crippen molar-refractivity contribution in [3.8, 4) is 5.75 Å². The molecule has 1 aromatic rings. The van der Waals surface area contributed by atoms with E-state index >= 15 is 0 Å². The van der Waals surface area contributed by atoms with Crippen molar-refractivity contribution >= 4 is 12.6 Å². The van der Waals surface area contributed by atoms with Gasteiger partial charge in [0.2, 0.25) is 0 Å². The summed E-state index contributed by atoms with van der Waals surface area (Å²) in [4.78, 5) is 0. The summed E-state index contributed by atoms with van der Waals surface area (Å²) in [7, 11) is 1.68. The maximum absolute atomic E-state index is 5.59. The monoisotopic (exact) mass is 240 g/mol. The first-order chi connectivity index (χ1) is 7.86. The van der Waals surface area contributed by atoms with E-state index < -0.39 is 0 Å². The zero-order valence-corrected chi connectivity index (χ0v) is 10.7. The number of methoxy groups -OCH3 is 1. The molecule has 16 heavy (non-hydrogen) atoms. The van der Waals surface area contributed by atoms with Crippen molar-refractivity contribution in [2.24, 2.45) is 0 Å². The highest BCUT2D eigenvalue weighted by Gasteiger charge is 1.96. The summed E-state index contributed by atoms with van der Waals surface area (Å²) in [6.45, 7) is 1.49. The highest BCUT2D eigenvalue weighted by atomic mass is 32.1. The molecule has 90 valence electrons. The lowest BCUT2D eigenvalue weighted by atomic mass is 10.2. The second kappa shape index (κ2) is 8.48.